The number of rotatable bonds is 5. The third-order valence-corrected chi connectivity index (χ3v) is 3.86. The second kappa shape index (κ2) is 7.54. The number of nitrogens with zero attached hydrogens (tertiary/aromatic N) is 2. The lowest BCUT2D eigenvalue weighted by atomic mass is 10.0. The van der Waals surface area contributed by atoms with Gasteiger partial charge in [-0.1, -0.05) is 12.1 Å². The number of hydrogen-bond donors (Lipinski definition) is 1. The highest BCUT2D eigenvalue weighted by molar-refractivity contribution is 5.95. The number of nitrogens with one attached hydrogen (secondary N) is 1. The maximum atomic E-state index is 12.6. The van der Waals surface area contributed by atoms with E-state index < -0.39 is 0 Å². The molecule has 0 saturated heterocycles. The maximum absolute atomic E-state index is 12.6. The predicted molar refractivity (Wildman–Crippen MR) is 89.9 cm³/mol. The lowest BCUT2D eigenvalue weighted by Crippen LogP contribution is -2.38. The van der Waals surface area contributed by atoms with Crippen LogP contribution in [-0.2, 0) is 4.79 Å². The van der Waals surface area contributed by atoms with Crippen molar-refractivity contribution in [2.24, 2.45) is 0 Å². The lowest BCUT2D eigenvalue weighted by Gasteiger charge is -2.24. The largest absolute Gasteiger partial charge is 0.359 e. The summed E-state index contributed by atoms with van der Waals surface area (Å²) in [5.41, 5.74) is 2.58. The quantitative estimate of drug-likeness (QED) is 0.922. The van der Waals surface area contributed by atoms with E-state index in [1.165, 1.54) is 0 Å². The van der Waals surface area contributed by atoms with E-state index in [9.17, 15) is 9.59 Å². The van der Waals surface area contributed by atoms with E-state index in [-0.39, 0.29) is 24.3 Å². The number of aromatic nitrogens is 1. The molecule has 1 aromatic heterocycles. The van der Waals surface area contributed by atoms with Crippen LogP contribution in [-0.4, -0.2) is 41.8 Å². The minimum atomic E-state index is -0.174. The van der Waals surface area contributed by atoms with Crippen molar-refractivity contribution >= 4 is 11.8 Å². The molecule has 0 bridgehead atoms. The van der Waals surface area contributed by atoms with Crippen LogP contribution in [0.1, 0.15) is 23.7 Å². The molecule has 1 unspecified atom stereocenters. The van der Waals surface area contributed by atoms with Crippen molar-refractivity contribution in [2.75, 3.05) is 14.1 Å². The molecule has 23 heavy (non-hydrogen) atoms. The summed E-state index contributed by atoms with van der Waals surface area (Å²) < 4.78 is 0. The molecule has 2 amide bonds. The molecule has 1 heterocycles. The van der Waals surface area contributed by atoms with Gasteiger partial charge in [0.25, 0.3) is 5.91 Å². The van der Waals surface area contributed by atoms with E-state index in [4.69, 9.17) is 0 Å². The van der Waals surface area contributed by atoms with Crippen molar-refractivity contribution in [2.45, 2.75) is 19.4 Å². The van der Waals surface area contributed by atoms with Crippen LogP contribution in [0.4, 0.5) is 0 Å². The van der Waals surface area contributed by atoms with Crippen molar-refractivity contribution in [3.8, 4) is 11.1 Å². The molecule has 5 nitrogen and oxygen atoms in total. The first kappa shape index (κ1) is 16.7. The minimum absolute atomic E-state index is 0.0808. The summed E-state index contributed by atoms with van der Waals surface area (Å²) in [5.74, 6) is -0.181. The Morgan fingerprint density at radius 1 is 1.17 bits per heavy atom. The summed E-state index contributed by atoms with van der Waals surface area (Å²) in [7, 11) is 3.31. The average molecular weight is 311 g/mol. The molecule has 0 spiro atoms. The molecule has 1 N–H and O–H groups in total. The molecule has 0 fully saturated rings. The van der Waals surface area contributed by atoms with Crippen LogP contribution >= 0.6 is 0 Å². The van der Waals surface area contributed by atoms with E-state index in [1.54, 1.807) is 37.5 Å². The third kappa shape index (κ3) is 4.16. The van der Waals surface area contributed by atoms with Crippen LogP contribution in [0, 0.1) is 0 Å². The molecule has 120 valence electrons. The van der Waals surface area contributed by atoms with Gasteiger partial charge in [-0.3, -0.25) is 14.6 Å². The molecule has 2 rings (SSSR count). The highest BCUT2D eigenvalue weighted by Gasteiger charge is 2.19. The molecule has 0 aliphatic carbocycles. The van der Waals surface area contributed by atoms with E-state index >= 15 is 0 Å². The number of pyridine rings is 1. The van der Waals surface area contributed by atoms with E-state index in [0.717, 1.165) is 11.1 Å². The van der Waals surface area contributed by atoms with Crippen molar-refractivity contribution in [3.63, 3.8) is 0 Å². The monoisotopic (exact) mass is 311 g/mol. The molecule has 1 aromatic carbocycles. The van der Waals surface area contributed by atoms with Gasteiger partial charge < -0.3 is 10.2 Å². The Kier molecular flexibility index (Phi) is 5.46. The molecule has 5 heteroatoms. The van der Waals surface area contributed by atoms with Crippen LogP contribution in [0.15, 0.2) is 48.8 Å². The lowest BCUT2D eigenvalue weighted by molar-refractivity contribution is -0.121. The zero-order valence-corrected chi connectivity index (χ0v) is 13.6. The fourth-order valence-corrected chi connectivity index (χ4v) is 2.29. The number of carbonyl (C=O) groups excluding carboxylic acids is 2. The number of carbonyl (C=O) groups is 2. The first-order valence-electron chi connectivity index (χ1n) is 7.51. The highest BCUT2D eigenvalue weighted by Crippen LogP contribution is 2.20. The van der Waals surface area contributed by atoms with Crippen LogP contribution < -0.4 is 5.32 Å². The summed E-state index contributed by atoms with van der Waals surface area (Å²) in [4.78, 5) is 29.7. The Morgan fingerprint density at radius 2 is 1.87 bits per heavy atom. The highest BCUT2D eigenvalue weighted by atomic mass is 16.2. The second-order valence-electron chi connectivity index (χ2n) is 5.46. The first-order chi connectivity index (χ1) is 11.0. The SMILES string of the molecule is CNC(=O)CC(C)N(C)C(=O)c1cccc(-c2ccncc2)c1. The second-order valence-corrected chi connectivity index (χ2v) is 5.46. The van der Waals surface area contributed by atoms with Gasteiger partial charge in [0, 0.05) is 44.5 Å². The number of benzene rings is 1. The molecule has 0 saturated carbocycles. The van der Waals surface area contributed by atoms with Crippen molar-refractivity contribution < 1.29 is 9.59 Å². The van der Waals surface area contributed by atoms with E-state index in [1.807, 2.05) is 37.3 Å². The van der Waals surface area contributed by atoms with Crippen LogP contribution in [0.3, 0.4) is 0 Å². The fraction of sp³-hybridized carbons (Fsp3) is 0.278. The van der Waals surface area contributed by atoms with Crippen molar-refractivity contribution in [1.82, 2.24) is 15.2 Å². The van der Waals surface area contributed by atoms with Crippen LogP contribution in [0.5, 0.6) is 0 Å². The Labute approximate surface area is 136 Å². The van der Waals surface area contributed by atoms with Gasteiger partial charge in [-0.2, -0.15) is 0 Å². The Bertz CT molecular complexity index is 686. The summed E-state index contributed by atoms with van der Waals surface area (Å²) in [6.45, 7) is 1.86. The van der Waals surface area contributed by atoms with E-state index in [0.29, 0.717) is 5.56 Å². The minimum Gasteiger partial charge on any atom is -0.359 e. The molecular formula is C18H21N3O2. The van der Waals surface area contributed by atoms with Crippen molar-refractivity contribution in [1.29, 1.82) is 0 Å². The molecular weight excluding hydrogens is 290 g/mol. The fourth-order valence-electron chi connectivity index (χ4n) is 2.29. The molecule has 2 aromatic rings. The zero-order valence-electron chi connectivity index (χ0n) is 13.6. The van der Waals surface area contributed by atoms with E-state index in [2.05, 4.69) is 10.3 Å². The van der Waals surface area contributed by atoms with Gasteiger partial charge in [0.05, 0.1) is 0 Å². The van der Waals surface area contributed by atoms with Gasteiger partial charge in [-0.15, -0.1) is 0 Å². The molecule has 0 radical (unpaired) electrons. The normalized spacial score (nSPS) is 11.6. The van der Waals surface area contributed by atoms with Crippen LogP contribution in [0.2, 0.25) is 0 Å². The van der Waals surface area contributed by atoms with Gasteiger partial charge in [0.2, 0.25) is 5.91 Å². The van der Waals surface area contributed by atoms with Gasteiger partial charge in [0.1, 0.15) is 0 Å². The summed E-state index contributed by atoms with van der Waals surface area (Å²) >= 11 is 0. The predicted octanol–water partition coefficient (Wildman–Crippen LogP) is 2.35. The first-order valence-corrected chi connectivity index (χ1v) is 7.51. The molecule has 1 atom stereocenters. The van der Waals surface area contributed by atoms with Gasteiger partial charge in [-0.25, -0.2) is 0 Å². The van der Waals surface area contributed by atoms with Crippen molar-refractivity contribution in [3.05, 3.63) is 54.4 Å². The number of hydrogen-bond acceptors (Lipinski definition) is 3. The summed E-state index contributed by atoms with van der Waals surface area (Å²) in [6, 6.07) is 11.1. The topological polar surface area (TPSA) is 62.3 Å². The van der Waals surface area contributed by atoms with Gasteiger partial charge in [-0.05, 0) is 42.3 Å². The zero-order chi connectivity index (χ0) is 16.8. The molecule has 0 aliphatic heterocycles. The maximum Gasteiger partial charge on any atom is 0.253 e. The Hall–Kier alpha value is -2.69. The average Bonchev–Trinajstić information content (AvgIpc) is 2.61. The summed E-state index contributed by atoms with van der Waals surface area (Å²) in [6.07, 6.45) is 3.73. The Balaban J connectivity index is 2.18. The number of amides is 2. The standard InChI is InChI=1S/C18H21N3O2/c1-13(11-17(22)19-2)21(3)18(23)16-6-4-5-15(12-16)14-7-9-20-10-8-14/h4-10,12-13H,11H2,1-3H3,(H,19,22). The third-order valence-electron chi connectivity index (χ3n) is 3.86. The molecule has 0 aliphatic rings. The summed E-state index contributed by atoms with van der Waals surface area (Å²) in [5, 5.41) is 2.58. The Morgan fingerprint density at radius 3 is 2.52 bits per heavy atom. The van der Waals surface area contributed by atoms with Gasteiger partial charge in [0.15, 0.2) is 0 Å². The van der Waals surface area contributed by atoms with Crippen LogP contribution in [0.25, 0.3) is 11.1 Å². The smallest absolute Gasteiger partial charge is 0.253 e. The van der Waals surface area contributed by atoms with Gasteiger partial charge >= 0.3 is 0 Å².